The van der Waals surface area contributed by atoms with E-state index in [1.54, 1.807) is 41.0 Å². The van der Waals surface area contributed by atoms with E-state index in [1.165, 1.54) is 25.7 Å². The van der Waals surface area contributed by atoms with Crippen molar-refractivity contribution in [3.8, 4) is 5.75 Å². The van der Waals surface area contributed by atoms with Crippen molar-refractivity contribution in [1.29, 1.82) is 0 Å². The van der Waals surface area contributed by atoms with E-state index in [2.05, 4.69) is 10.3 Å². The van der Waals surface area contributed by atoms with E-state index < -0.39 is 11.2 Å². The summed E-state index contributed by atoms with van der Waals surface area (Å²) in [7, 11) is 1.52. The number of nitrogens with zero attached hydrogens (tertiary/aromatic N) is 2. The van der Waals surface area contributed by atoms with Crippen molar-refractivity contribution < 1.29 is 14.3 Å². The van der Waals surface area contributed by atoms with Gasteiger partial charge in [0.1, 0.15) is 12.3 Å². The van der Waals surface area contributed by atoms with Gasteiger partial charge < -0.3 is 14.6 Å². The smallest absolute Gasteiger partial charge is 0.244 e. The Hall–Kier alpha value is -4.26. The minimum atomic E-state index is -0.428. The molecule has 0 aliphatic rings. The third-order valence-electron chi connectivity index (χ3n) is 5.09. The number of fused-ring (bicyclic) bond motifs is 1. The molecule has 0 bridgehead atoms. The summed E-state index contributed by atoms with van der Waals surface area (Å²) in [5.41, 5.74) is 2.12. The van der Waals surface area contributed by atoms with E-state index in [0.29, 0.717) is 27.9 Å². The monoisotopic (exact) mass is 427 g/mol. The summed E-state index contributed by atoms with van der Waals surface area (Å²) in [5.74, 6) is -0.174. The van der Waals surface area contributed by atoms with E-state index >= 15 is 0 Å². The lowest BCUT2D eigenvalue weighted by molar-refractivity contribution is -0.116. The lowest BCUT2D eigenvalue weighted by atomic mass is 10.0. The van der Waals surface area contributed by atoms with E-state index in [4.69, 9.17) is 4.74 Å². The summed E-state index contributed by atoms with van der Waals surface area (Å²) < 4.78 is 6.88. The number of carbonyl (C=O) groups excluding carboxylic acids is 2. The molecule has 0 radical (unpaired) electrons. The lowest BCUT2D eigenvalue weighted by Gasteiger charge is -2.14. The molecular formula is C25H21N3O4. The summed E-state index contributed by atoms with van der Waals surface area (Å²) in [6.45, 7) is 1.85. The standard InChI is InChI=1S/C25H21N3O4/c1-16-4-3-5-18(12-16)27-23(29)15-28-14-21(24(30)17-8-10-26-11-9-17)25(31)20-7-6-19(32-2)13-22(20)28/h3-14H,15H2,1-2H3,(H,27,29). The molecule has 2 aromatic heterocycles. The van der Waals surface area contributed by atoms with Crippen LogP contribution in [0.5, 0.6) is 5.75 Å². The third kappa shape index (κ3) is 4.27. The fraction of sp³-hybridized carbons (Fsp3) is 0.120. The molecule has 1 amide bonds. The zero-order valence-corrected chi connectivity index (χ0v) is 17.7. The maximum Gasteiger partial charge on any atom is 0.244 e. The molecule has 4 rings (SSSR count). The quantitative estimate of drug-likeness (QED) is 0.475. The molecule has 0 saturated heterocycles. The molecular weight excluding hydrogens is 406 g/mol. The van der Waals surface area contributed by atoms with Crippen molar-refractivity contribution in [2.24, 2.45) is 0 Å². The van der Waals surface area contributed by atoms with Crippen LogP contribution in [-0.4, -0.2) is 28.4 Å². The highest BCUT2D eigenvalue weighted by molar-refractivity contribution is 6.10. The van der Waals surface area contributed by atoms with Crippen LogP contribution in [0.4, 0.5) is 5.69 Å². The van der Waals surface area contributed by atoms with Crippen molar-refractivity contribution in [3.05, 3.63) is 100 Å². The molecule has 0 spiro atoms. The molecule has 0 saturated carbocycles. The molecule has 1 N–H and O–H groups in total. The van der Waals surface area contributed by atoms with E-state index in [1.807, 2.05) is 25.1 Å². The number of hydrogen-bond donors (Lipinski definition) is 1. The average molecular weight is 427 g/mol. The van der Waals surface area contributed by atoms with Gasteiger partial charge in [0.25, 0.3) is 0 Å². The Morgan fingerprint density at radius 2 is 1.84 bits per heavy atom. The number of anilines is 1. The van der Waals surface area contributed by atoms with Crippen LogP contribution < -0.4 is 15.5 Å². The van der Waals surface area contributed by atoms with Crippen LogP contribution in [-0.2, 0) is 11.3 Å². The summed E-state index contributed by atoms with van der Waals surface area (Å²) in [6, 6.07) is 15.5. The van der Waals surface area contributed by atoms with Crippen molar-refractivity contribution in [2.45, 2.75) is 13.5 Å². The van der Waals surface area contributed by atoms with Gasteiger partial charge in [-0.15, -0.1) is 0 Å². The molecule has 160 valence electrons. The highest BCUT2D eigenvalue weighted by atomic mass is 16.5. The SMILES string of the molecule is COc1ccc2c(=O)c(C(=O)c3ccncc3)cn(CC(=O)Nc3cccc(C)c3)c2c1. The second-order valence-electron chi connectivity index (χ2n) is 7.37. The number of methoxy groups -OCH3 is 1. The Morgan fingerprint density at radius 3 is 2.56 bits per heavy atom. The summed E-state index contributed by atoms with van der Waals surface area (Å²) in [5, 5.41) is 3.19. The number of rotatable bonds is 6. The maximum absolute atomic E-state index is 13.1. The average Bonchev–Trinajstić information content (AvgIpc) is 2.80. The first-order valence-corrected chi connectivity index (χ1v) is 9.98. The summed E-state index contributed by atoms with van der Waals surface area (Å²) >= 11 is 0. The van der Waals surface area contributed by atoms with Crippen LogP contribution in [0.3, 0.4) is 0 Å². The van der Waals surface area contributed by atoms with Crippen molar-refractivity contribution in [1.82, 2.24) is 9.55 Å². The van der Waals surface area contributed by atoms with Crippen LogP contribution in [0, 0.1) is 6.92 Å². The molecule has 0 aliphatic carbocycles. The number of amides is 1. The Kier molecular flexibility index (Phi) is 5.81. The number of hydrogen-bond acceptors (Lipinski definition) is 5. The lowest BCUT2D eigenvalue weighted by Crippen LogP contribution is -2.24. The first kappa shape index (κ1) is 21.0. The molecule has 2 aromatic carbocycles. The molecule has 0 aliphatic heterocycles. The Bertz CT molecular complexity index is 1380. The predicted molar refractivity (Wildman–Crippen MR) is 122 cm³/mol. The maximum atomic E-state index is 13.1. The van der Waals surface area contributed by atoms with Crippen LogP contribution in [0.1, 0.15) is 21.5 Å². The minimum absolute atomic E-state index is 0.0165. The molecule has 7 nitrogen and oxygen atoms in total. The van der Waals surface area contributed by atoms with Gasteiger partial charge in [-0.1, -0.05) is 12.1 Å². The van der Waals surface area contributed by atoms with Crippen LogP contribution in [0.25, 0.3) is 10.9 Å². The van der Waals surface area contributed by atoms with Crippen molar-refractivity contribution in [3.63, 3.8) is 0 Å². The molecule has 0 atom stereocenters. The van der Waals surface area contributed by atoms with Gasteiger partial charge in [0, 0.05) is 41.3 Å². The Balaban J connectivity index is 1.78. The number of benzene rings is 2. The second kappa shape index (κ2) is 8.85. The molecule has 2 heterocycles. The first-order valence-electron chi connectivity index (χ1n) is 9.98. The zero-order valence-electron chi connectivity index (χ0n) is 17.7. The number of carbonyl (C=O) groups is 2. The predicted octanol–water partition coefficient (Wildman–Crippen LogP) is 3.58. The highest BCUT2D eigenvalue weighted by Crippen LogP contribution is 2.21. The Morgan fingerprint density at radius 1 is 1.06 bits per heavy atom. The summed E-state index contributed by atoms with van der Waals surface area (Å²) in [6.07, 6.45) is 4.42. The Labute approximate surface area is 184 Å². The fourth-order valence-corrected chi connectivity index (χ4v) is 3.53. The number of aromatic nitrogens is 2. The normalized spacial score (nSPS) is 10.7. The minimum Gasteiger partial charge on any atom is -0.497 e. The van der Waals surface area contributed by atoms with Crippen LogP contribution >= 0.6 is 0 Å². The highest BCUT2D eigenvalue weighted by Gasteiger charge is 2.18. The van der Waals surface area contributed by atoms with Gasteiger partial charge >= 0.3 is 0 Å². The zero-order chi connectivity index (χ0) is 22.7. The number of aryl methyl sites for hydroxylation is 1. The number of pyridine rings is 2. The van der Waals surface area contributed by atoms with Gasteiger partial charge in [-0.25, -0.2) is 0 Å². The molecule has 4 aromatic rings. The van der Waals surface area contributed by atoms with Gasteiger partial charge in [-0.3, -0.25) is 19.4 Å². The largest absolute Gasteiger partial charge is 0.497 e. The third-order valence-corrected chi connectivity index (χ3v) is 5.09. The number of ketones is 1. The van der Waals surface area contributed by atoms with E-state index in [9.17, 15) is 14.4 Å². The van der Waals surface area contributed by atoms with Gasteiger partial charge in [-0.2, -0.15) is 0 Å². The van der Waals surface area contributed by atoms with Gasteiger partial charge in [0.05, 0.1) is 18.2 Å². The second-order valence-corrected chi connectivity index (χ2v) is 7.37. The van der Waals surface area contributed by atoms with Crippen molar-refractivity contribution in [2.75, 3.05) is 12.4 Å². The molecule has 7 heteroatoms. The van der Waals surface area contributed by atoms with Crippen molar-refractivity contribution >= 4 is 28.3 Å². The summed E-state index contributed by atoms with van der Waals surface area (Å²) in [4.78, 5) is 42.9. The molecule has 0 unspecified atom stereocenters. The van der Waals surface area contributed by atoms with Gasteiger partial charge in [-0.05, 0) is 48.9 Å². The van der Waals surface area contributed by atoms with E-state index in [0.717, 1.165) is 5.56 Å². The topological polar surface area (TPSA) is 90.3 Å². The first-order chi connectivity index (χ1) is 15.5. The van der Waals surface area contributed by atoms with E-state index in [-0.39, 0.29) is 18.0 Å². The van der Waals surface area contributed by atoms with Crippen LogP contribution in [0.15, 0.2) is 78.0 Å². The number of nitrogens with one attached hydrogen (secondary N) is 1. The van der Waals surface area contributed by atoms with Crippen LogP contribution in [0.2, 0.25) is 0 Å². The fourth-order valence-electron chi connectivity index (χ4n) is 3.53. The number of ether oxygens (including phenoxy) is 1. The van der Waals surface area contributed by atoms with Gasteiger partial charge in [0.15, 0.2) is 5.78 Å². The molecule has 32 heavy (non-hydrogen) atoms. The van der Waals surface area contributed by atoms with Gasteiger partial charge in [0.2, 0.25) is 11.3 Å². The molecule has 0 fully saturated rings.